The maximum absolute atomic E-state index is 8.63. The van der Waals surface area contributed by atoms with Gasteiger partial charge in [0.25, 0.3) is 0 Å². The number of aromatic hydroxyl groups is 1. The summed E-state index contributed by atoms with van der Waals surface area (Å²) in [5.74, 6) is 0.322. The van der Waals surface area contributed by atoms with E-state index < -0.39 is 0 Å². The quantitative estimate of drug-likeness (QED) is 0.577. The highest BCUT2D eigenvalue weighted by molar-refractivity contribution is 5.18. The Hall–Kier alpha value is -1.06. The van der Waals surface area contributed by atoms with Crippen molar-refractivity contribution in [3.8, 4) is 5.75 Å². The van der Waals surface area contributed by atoms with Gasteiger partial charge < -0.3 is 16.6 Å². The van der Waals surface area contributed by atoms with E-state index in [0.29, 0.717) is 12.3 Å². The van der Waals surface area contributed by atoms with Crippen LogP contribution in [0.3, 0.4) is 0 Å². The molecule has 12 heavy (non-hydrogen) atoms. The molecule has 3 nitrogen and oxygen atoms in total. The molecule has 5 N–H and O–H groups in total. The summed E-state index contributed by atoms with van der Waals surface area (Å²) >= 11 is 0. The van der Waals surface area contributed by atoms with Crippen molar-refractivity contribution in [1.29, 1.82) is 0 Å². The van der Waals surface area contributed by atoms with E-state index in [-0.39, 0.29) is 6.04 Å². The average molecular weight is 168 g/mol. The number of rotatable bonds is 1. The predicted molar refractivity (Wildman–Crippen MR) is 50.8 cm³/mol. The lowest BCUT2D eigenvalue weighted by molar-refractivity contribution is 0.475. The second-order valence-electron chi connectivity index (χ2n) is 2.55. The Kier molecular flexibility index (Phi) is 6.05. The minimum Gasteiger partial charge on any atom is -0.508 e. The van der Waals surface area contributed by atoms with Crippen molar-refractivity contribution in [1.82, 2.24) is 0 Å². The Morgan fingerprint density at radius 2 is 1.75 bits per heavy atom. The lowest BCUT2D eigenvalue weighted by atomic mass is 10.3. The molecular formula is C9H16N2O. The van der Waals surface area contributed by atoms with Gasteiger partial charge in [0.05, 0.1) is 0 Å². The molecule has 0 aliphatic carbocycles. The fourth-order valence-electron chi connectivity index (χ4n) is 0.428. The molecule has 1 aromatic rings. The van der Waals surface area contributed by atoms with Crippen LogP contribution in [0, 0.1) is 0 Å². The van der Waals surface area contributed by atoms with Gasteiger partial charge >= 0.3 is 0 Å². The third-order valence-corrected chi connectivity index (χ3v) is 1.13. The van der Waals surface area contributed by atoms with Gasteiger partial charge in [-0.05, 0) is 19.1 Å². The summed E-state index contributed by atoms with van der Waals surface area (Å²) in [7, 11) is 0. The third kappa shape index (κ3) is 7.05. The van der Waals surface area contributed by atoms with Crippen LogP contribution in [-0.4, -0.2) is 17.7 Å². The van der Waals surface area contributed by atoms with E-state index in [1.165, 1.54) is 0 Å². The van der Waals surface area contributed by atoms with E-state index >= 15 is 0 Å². The topological polar surface area (TPSA) is 72.3 Å². The third-order valence-electron chi connectivity index (χ3n) is 1.13. The van der Waals surface area contributed by atoms with E-state index in [9.17, 15) is 0 Å². The molecule has 0 saturated heterocycles. The highest BCUT2D eigenvalue weighted by Gasteiger charge is 1.79. The molecule has 0 aliphatic rings. The van der Waals surface area contributed by atoms with Gasteiger partial charge in [0.15, 0.2) is 0 Å². The van der Waals surface area contributed by atoms with Crippen LogP contribution in [0.1, 0.15) is 6.92 Å². The first-order valence-electron chi connectivity index (χ1n) is 3.86. The van der Waals surface area contributed by atoms with E-state index in [2.05, 4.69) is 0 Å². The molecule has 68 valence electrons. The number of phenolic OH excluding ortho intramolecular Hbond substituents is 1. The molecule has 1 atom stereocenters. The normalized spacial score (nSPS) is 11.2. The Morgan fingerprint density at radius 1 is 1.33 bits per heavy atom. The number of hydrogen-bond acceptors (Lipinski definition) is 3. The Balaban J connectivity index is 0.000000217. The van der Waals surface area contributed by atoms with Gasteiger partial charge in [-0.25, -0.2) is 0 Å². The molecule has 0 amide bonds. The molecule has 0 heterocycles. The molecule has 0 fully saturated rings. The summed E-state index contributed by atoms with van der Waals surface area (Å²) < 4.78 is 0. The van der Waals surface area contributed by atoms with Crippen LogP contribution >= 0.6 is 0 Å². The van der Waals surface area contributed by atoms with Crippen molar-refractivity contribution in [2.24, 2.45) is 11.5 Å². The van der Waals surface area contributed by atoms with E-state index in [1.54, 1.807) is 24.3 Å². The van der Waals surface area contributed by atoms with Gasteiger partial charge in [0.1, 0.15) is 5.75 Å². The van der Waals surface area contributed by atoms with E-state index in [0.717, 1.165) is 0 Å². The van der Waals surface area contributed by atoms with Crippen LogP contribution in [0.4, 0.5) is 0 Å². The first-order valence-corrected chi connectivity index (χ1v) is 3.86. The SMILES string of the molecule is CC(N)CN.Oc1ccccc1. The van der Waals surface area contributed by atoms with Crippen molar-refractivity contribution < 1.29 is 5.11 Å². The number of phenols is 1. The zero-order chi connectivity index (χ0) is 9.40. The summed E-state index contributed by atoms with van der Waals surface area (Å²) in [4.78, 5) is 0. The van der Waals surface area contributed by atoms with Crippen molar-refractivity contribution in [2.75, 3.05) is 6.54 Å². The van der Waals surface area contributed by atoms with Gasteiger partial charge in [-0.2, -0.15) is 0 Å². The van der Waals surface area contributed by atoms with Crippen LogP contribution in [0.25, 0.3) is 0 Å². The molecule has 1 aromatic carbocycles. The van der Waals surface area contributed by atoms with Gasteiger partial charge in [-0.15, -0.1) is 0 Å². The monoisotopic (exact) mass is 168 g/mol. The Labute approximate surface area is 73.0 Å². The highest BCUT2D eigenvalue weighted by atomic mass is 16.3. The number of benzene rings is 1. The molecule has 1 rings (SSSR count). The first kappa shape index (κ1) is 10.9. The van der Waals surface area contributed by atoms with E-state index in [4.69, 9.17) is 16.6 Å². The molecular weight excluding hydrogens is 152 g/mol. The molecule has 3 heteroatoms. The largest absolute Gasteiger partial charge is 0.508 e. The molecule has 0 aromatic heterocycles. The summed E-state index contributed by atoms with van der Waals surface area (Å²) in [6.07, 6.45) is 0. The van der Waals surface area contributed by atoms with Crippen LogP contribution in [-0.2, 0) is 0 Å². The summed E-state index contributed by atoms with van der Waals surface area (Å²) in [5, 5.41) is 8.63. The van der Waals surface area contributed by atoms with Crippen molar-refractivity contribution in [3.05, 3.63) is 30.3 Å². The summed E-state index contributed by atoms with van der Waals surface area (Å²) in [5.41, 5.74) is 10.2. The fraction of sp³-hybridized carbons (Fsp3) is 0.333. The van der Waals surface area contributed by atoms with Crippen molar-refractivity contribution in [3.63, 3.8) is 0 Å². The number of para-hydroxylation sites is 1. The van der Waals surface area contributed by atoms with Gasteiger partial charge in [-0.3, -0.25) is 0 Å². The smallest absolute Gasteiger partial charge is 0.115 e. The summed E-state index contributed by atoms with van der Waals surface area (Å²) in [6.45, 7) is 2.46. The molecule has 0 saturated carbocycles. The van der Waals surface area contributed by atoms with Gasteiger partial charge in [0, 0.05) is 12.6 Å². The second-order valence-corrected chi connectivity index (χ2v) is 2.55. The van der Waals surface area contributed by atoms with Crippen molar-refractivity contribution in [2.45, 2.75) is 13.0 Å². The predicted octanol–water partition coefficient (Wildman–Crippen LogP) is 0.684. The lowest BCUT2D eigenvalue weighted by Gasteiger charge is -1.92. The Morgan fingerprint density at radius 3 is 1.92 bits per heavy atom. The average Bonchev–Trinajstić information content (AvgIpc) is 2.07. The maximum atomic E-state index is 8.63. The molecule has 0 bridgehead atoms. The van der Waals surface area contributed by atoms with Crippen LogP contribution < -0.4 is 11.5 Å². The molecule has 1 unspecified atom stereocenters. The Bertz CT molecular complexity index is 187. The van der Waals surface area contributed by atoms with Gasteiger partial charge in [0.2, 0.25) is 0 Å². The highest BCUT2D eigenvalue weighted by Crippen LogP contribution is 2.02. The van der Waals surface area contributed by atoms with Crippen LogP contribution in [0.5, 0.6) is 5.75 Å². The van der Waals surface area contributed by atoms with Gasteiger partial charge in [-0.1, -0.05) is 18.2 Å². The lowest BCUT2D eigenvalue weighted by Crippen LogP contribution is -2.25. The van der Waals surface area contributed by atoms with Crippen molar-refractivity contribution >= 4 is 0 Å². The molecule has 0 spiro atoms. The minimum absolute atomic E-state index is 0.162. The molecule has 0 aliphatic heterocycles. The molecule has 0 radical (unpaired) electrons. The van der Waals surface area contributed by atoms with E-state index in [1.807, 2.05) is 13.0 Å². The summed E-state index contributed by atoms with van der Waals surface area (Å²) in [6, 6.07) is 8.87. The zero-order valence-electron chi connectivity index (χ0n) is 7.27. The fourth-order valence-corrected chi connectivity index (χ4v) is 0.428. The van der Waals surface area contributed by atoms with Crippen LogP contribution in [0.15, 0.2) is 30.3 Å². The first-order chi connectivity index (χ1) is 5.66. The standard InChI is InChI=1S/C6H6O.C3H10N2/c7-6-4-2-1-3-5-6;1-3(5)2-4/h1-5,7H;3H,2,4-5H2,1H3. The number of nitrogens with two attached hydrogens (primary N) is 2. The minimum atomic E-state index is 0.162. The second kappa shape index (κ2) is 6.64. The maximum Gasteiger partial charge on any atom is 0.115 e. The number of hydrogen-bond donors (Lipinski definition) is 3. The van der Waals surface area contributed by atoms with Crippen LogP contribution in [0.2, 0.25) is 0 Å². The zero-order valence-corrected chi connectivity index (χ0v) is 7.27.